The van der Waals surface area contributed by atoms with Crippen molar-refractivity contribution in [1.29, 1.82) is 0 Å². The molecule has 1 unspecified atom stereocenters. The highest BCUT2D eigenvalue weighted by Gasteiger charge is 2.34. The molecule has 1 saturated heterocycles. The molecule has 0 N–H and O–H groups in total. The number of aryl methyl sites for hydroxylation is 3. The number of piperidine rings is 1. The van der Waals surface area contributed by atoms with Crippen LogP contribution in [0.25, 0.3) is 4.83 Å². The van der Waals surface area contributed by atoms with Gasteiger partial charge in [0.05, 0.1) is 5.69 Å². The highest BCUT2D eigenvalue weighted by Crippen LogP contribution is 2.36. The number of amides is 1. The summed E-state index contributed by atoms with van der Waals surface area (Å²) < 4.78 is 2.29. The standard InChI is InChI=1S/C18H25N3OS/c1-11-12(2)23-18-16(19-13(3)21(11)18)15-8-5-9-20(10-15)17(22)14-6-4-7-14/h14-15H,4-10H2,1-3H3. The zero-order valence-electron chi connectivity index (χ0n) is 14.3. The summed E-state index contributed by atoms with van der Waals surface area (Å²) in [6, 6.07) is 0. The lowest BCUT2D eigenvalue weighted by molar-refractivity contribution is -0.139. The number of carbonyl (C=O) groups excluding carboxylic acids is 1. The predicted molar refractivity (Wildman–Crippen MR) is 93.2 cm³/mol. The average molecular weight is 331 g/mol. The van der Waals surface area contributed by atoms with Crippen LogP contribution in [0.4, 0.5) is 0 Å². The lowest BCUT2D eigenvalue weighted by Crippen LogP contribution is -2.44. The maximum absolute atomic E-state index is 12.6. The molecular weight excluding hydrogens is 306 g/mol. The molecule has 1 aliphatic heterocycles. The molecule has 1 amide bonds. The third kappa shape index (κ3) is 2.40. The number of thiazole rings is 1. The molecule has 1 saturated carbocycles. The average Bonchev–Trinajstić information content (AvgIpc) is 2.96. The van der Waals surface area contributed by atoms with Gasteiger partial charge in [-0.2, -0.15) is 0 Å². The Kier molecular flexibility index (Phi) is 3.71. The van der Waals surface area contributed by atoms with Crippen molar-refractivity contribution in [2.45, 2.75) is 58.8 Å². The Hall–Kier alpha value is -1.36. The summed E-state index contributed by atoms with van der Waals surface area (Å²) in [5.74, 6) is 2.18. The third-order valence-corrected chi connectivity index (χ3v) is 6.88. The Morgan fingerprint density at radius 3 is 2.65 bits per heavy atom. The van der Waals surface area contributed by atoms with E-state index in [2.05, 4.69) is 30.1 Å². The molecule has 1 aliphatic carbocycles. The molecule has 4 rings (SSSR count). The Morgan fingerprint density at radius 1 is 1.17 bits per heavy atom. The van der Waals surface area contributed by atoms with Gasteiger partial charge in [-0.15, -0.1) is 11.3 Å². The van der Waals surface area contributed by atoms with Crippen molar-refractivity contribution in [3.05, 3.63) is 22.1 Å². The molecule has 3 heterocycles. The summed E-state index contributed by atoms with van der Waals surface area (Å²) >= 11 is 1.85. The summed E-state index contributed by atoms with van der Waals surface area (Å²) in [7, 11) is 0. The van der Waals surface area contributed by atoms with Gasteiger partial charge < -0.3 is 4.90 Å². The molecule has 5 heteroatoms. The molecule has 2 aliphatic rings. The van der Waals surface area contributed by atoms with Gasteiger partial charge in [-0.3, -0.25) is 9.20 Å². The van der Waals surface area contributed by atoms with Crippen LogP contribution in [0.3, 0.4) is 0 Å². The maximum atomic E-state index is 12.6. The lowest BCUT2D eigenvalue weighted by atomic mass is 9.83. The smallest absolute Gasteiger partial charge is 0.225 e. The highest BCUT2D eigenvalue weighted by molar-refractivity contribution is 7.17. The monoisotopic (exact) mass is 331 g/mol. The Bertz CT molecular complexity index is 756. The van der Waals surface area contributed by atoms with Crippen molar-refractivity contribution in [1.82, 2.24) is 14.3 Å². The second-order valence-corrected chi connectivity index (χ2v) is 8.38. The molecule has 4 nitrogen and oxygen atoms in total. The van der Waals surface area contributed by atoms with Crippen molar-refractivity contribution >= 4 is 22.1 Å². The number of nitrogens with zero attached hydrogens (tertiary/aromatic N) is 3. The van der Waals surface area contributed by atoms with E-state index < -0.39 is 0 Å². The van der Waals surface area contributed by atoms with Gasteiger partial charge in [0, 0.05) is 35.5 Å². The minimum atomic E-state index is 0.309. The van der Waals surface area contributed by atoms with Crippen LogP contribution in [0.2, 0.25) is 0 Å². The van der Waals surface area contributed by atoms with E-state index in [0.29, 0.717) is 17.7 Å². The fourth-order valence-electron chi connectivity index (χ4n) is 3.98. The largest absolute Gasteiger partial charge is 0.342 e. The molecule has 0 spiro atoms. The van der Waals surface area contributed by atoms with Gasteiger partial charge in [0.15, 0.2) is 0 Å². The summed E-state index contributed by atoms with van der Waals surface area (Å²) in [6.45, 7) is 8.24. The van der Waals surface area contributed by atoms with Crippen LogP contribution < -0.4 is 0 Å². The van der Waals surface area contributed by atoms with Crippen molar-refractivity contribution in [2.75, 3.05) is 13.1 Å². The number of likely N-dealkylation sites (tertiary alicyclic amines) is 1. The van der Waals surface area contributed by atoms with Gasteiger partial charge in [-0.1, -0.05) is 6.42 Å². The Labute approximate surface area is 141 Å². The molecule has 0 aromatic carbocycles. The fraction of sp³-hybridized carbons (Fsp3) is 0.667. The summed E-state index contributed by atoms with van der Waals surface area (Å²) in [4.78, 5) is 22.2. The van der Waals surface area contributed by atoms with E-state index in [1.54, 1.807) is 0 Å². The van der Waals surface area contributed by atoms with Crippen LogP contribution in [-0.4, -0.2) is 33.3 Å². The van der Waals surface area contributed by atoms with Crippen molar-refractivity contribution in [2.24, 2.45) is 5.92 Å². The van der Waals surface area contributed by atoms with Crippen LogP contribution in [-0.2, 0) is 4.79 Å². The molecular formula is C18H25N3OS. The second kappa shape index (κ2) is 5.62. The number of rotatable bonds is 2. The van der Waals surface area contributed by atoms with Crippen LogP contribution in [0.15, 0.2) is 0 Å². The quantitative estimate of drug-likeness (QED) is 0.839. The maximum Gasteiger partial charge on any atom is 0.225 e. The van der Waals surface area contributed by atoms with Crippen LogP contribution in [0.5, 0.6) is 0 Å². The number of hydrogen-bond donors (Lipinski definition) is 0. The molecule has 2 fully saturated rings. The normalized spacial score (nSPS) is 22.6. The minimum Gasteiger partial charge on any atom is -0.342 e. The third-order valence-electron chi connectivity index (χ3n) is 5.70. The SMILES string of the molecule is Cc1sc2c(C3CCCN(C(=O)C4CCC4)C3)nc(C)n2c1C. The van der Waals surface area contributed by atoms with E-state index in [1.807, 2.05) is 11.3 Å². The fourth-order valence-corrected chi connectivity index (χ4v) is 5.19. The first-order valence-corrected chi connectivity index (χ1v) is 9.61. The highest BCUT2D eigenvalue weighted by atomic mass is 32.1. The number of carbonyl (C=O) groups is 1. The lowest BCUT2D eigenvalue weighted by Gasteiger charge is -2.36. The molecule has 1 atom stereocenters. The van der Waals surface area contributed by atoms with Gasteiger partial charge in [-0.05, 0) is 46.5 Å². The number of imidazole rings is 1. The Balaban J connectivity index is 1.62. The summed E-state index contributed by atoms with van der Waals surface area (Å²) in [5, 5.41) is 0. The first-order valence-electron chi connectivity index (χ1n) is 8.80. The van der Waals surface area contributed by atoms with E-state index in [4.69, 9.17) is 4.98 Å². The molecule has 23 heavy (non-hydrogen) atoms. The Morgan fingerprint density at radius 2 is 1.96 bits per heavy atom. The van der Waals surface area contributed by atoms with Crippen molar-refractivity contribution in [3.63, 3.8) is 0 Å². The van der Waals surface area contributed by atoms with E-state index in [0.717, 1.165) is 44.6 Å². The van der Waals surface area contributed by atoms with Gasteiger partial charge in [0.1, 0.15) is 10.7 Å². The minimum absolute atomic E-state index is 0.309. The molecule has 2 aromatic rings. The zero-order valence-corrected chi connectivity index (χ0v) is 15.1. The van der Waals surface area contributed by atoms with E-state index in [9.17, 15) is 4.79 Å². The number of fused-ring (bicyclic) bond motifs is 1. The van der Waals surface area contributed by atoms with Crippen LogP contribution in [0, 0.1) is 26.7 Å². The molecule has 0 bridgehead atoms. The van der Waals surface area contributed by atoms with Gasteiger partial charge >= 0.3 is 0 Å². The first-order chi connectivity index (χ1) is 11.1. The van der Waals surface area contributed by atoms with Crippen molar-refractivity contribution in [3.8, 4) is 0 Å². The van der Waals surface area contributed by atoms with Gasteiger partial charge in [0.25, 0.3) is 0 Å². The molecule has 0 radical (unpaired) electrons. The number of aromatic nitrogens is 2. The second-order valence-electron chi connectivity index (χ2n) is 7.18. The number of hydrogen-bond acceptors (Lipinski definition) is 3. The van der Waals surface area contributed by atoms with E-state index in [-0.39, 0.29) is 0 Å². The topological polar surface area (TPSA) is 37.6 Å². The van der Waals surface area contributed by atoms with Crippen molar-refractivity contribution < 1.29 is 4.79 Å². The summed E-state index contributed by atoms with van der Waals surface area (Å²) in [6.07, 6.45) is 5.66. The zero-order chi connectivity index (χ0) is 16.1. The first kappa shape index (κ1) is 15.2. The van der Waals surface area contributed by atoms with Gasteiger partial charge in [-0.25, -0.2) is 4.98 Å². The van der Waals surface area contributed by atoms with E-state index in [1.165, 1.54) is 27.5 Å². The van der Waals surface area contributed by atoms with E-state index >= 15 is 0 Å². The van der Waals surface area contributed by atoms with Gasteiger partial charge in [0.2, 0.25) is 5.91 Å². The van der Waals surface area contributed by atoms with Crippen LogP contribution in [0.1, 0.15) is 60.1 Å². The molecule has 124 valence electrons. The molecule has 2 aromatic heterocycles. The van der Waals surface area contributed by atoms with Crippen LogP contribution >= 0.6 is 11.3 Å². The summed E-state index contributed by atoms with van der Waals surface area (Å²) in [5.41, 5.74) is 2.52. The predicted octanol–water partition coefficient (Wildman–Crippen LogP) is 3.83.